The molecule has 1 heterocycles. The van der Waals surface area contributed by atoms with Crippen molar-refractivity contribution in [3.63, 3.8) is 0 Å². The number of hydrogen-bond donors (Lipinski definition) is 2. The Kier molecular flexibility index (Phi) is 4.74. The monoisotopic (exact) mass is 288 g/mol. The van der Waals surface area contributed by atoms with Crippen LogP contribution in [0.5, 0.6) is 0 Å². The first-order valence-corrected chi connectivity index (χ1v) is 6.38. The standard InChI is InChI=1S/C15H13ClN2O2/c16-14-3-1-2-13(18-14)9-8-11-4-6-12(7-5-11)10-17-15(19)20/h1-9,17H,10H2,(H,19,20)/b9-8+. The third kappa shape index (κ3) is 4.40. The highest BCUT2D eigenvalue weighted by atomic mass is 35.5. The van der Waals surface area contributed by atoms with Crippen molar-refractivity contribution in [2.75, 3.05) is 0 Å². The minimum absolute atomic E-state index is 0.301. The van der Waals surface area contributed by atoms with E-state index in [0.717, 1.165) is 16.8 Å². The average Bonchev–Trinajstić information content (AvgIpc) is 2.44. The molecule has 0 bridgehead atoms. The Morgan fingerprint density at radius 2 is 1.95 bits per heavy atom. The van der Waals surface area contributed by atoms with Crippen molar-refractivity contribution in [1.82, 2.24) is 10.3 Å². The molecular formula is C15H13ClN2O2. The smallest absolute Gasteiger partial charge is 0.404 e. The van der Waals surface area contributed by atoms with E-state index < -0.39 is 6.09 Å². The van der Waals surface area contributed by atoms with Gasteiger partial charge in [0.1, 0.15) is 5.15 Å². The molecule has 1 aromatic heterocycles. The molecule has 0 spiro atoms. The molecule has 1 amide bonds. The van der Waals surface area contributed by atoms with Crippen LogP contribution in [0.4, 0.5) is 4.79 Å². The van der Waals surface area contributed by atoms with Crippen molar-refractivity contribution < 1.29 is 9.90 Å². The number of benzene rings is 1. The number of halogens is 1. The maximum Gasteiger partial charge on any atom is 0.404 e. The van der Waals surface area contributed by atoms with Gasteiger partial charge in [-0.1, -0.05) is 48.0 Å². The van der Waals surface area contributed by atoms with Crippen LogP contribution in [0.25, 0.3) is 12.2 Å². The third-order valence-corrected chi connectivity index (χ3v) is 2.82. The van der Waals surface area contributed by atoms with Gasteiger partial charge in [0, 0.05) is 6.54 Å². The molecule has 0 aliphatic heterocycles. The van der Waals surface area contributed by atoms with Gasteiger partial charge in [0.2, 0.25) is 0 Å². The Labute approximate surface area is 121 Å². The molecule has 2 rings (SSSR count). The van der Waals surface area contributed by atoms with Crippen molar-refractivity contribution in [2.24, 2.45) is 0 Å². The van der Waals surface area contributed by atoms with Crippen LogP contribution in [0.3, 0.4) is 0 Å². The summed E-state index contributed by atoms with van der Waals surface area (Å²) >= 11 is 5.81. The first kappa shape index (κ1) is 14.1. The first-order valence-electron chi connectivity index (χ1n) is 6.00. The number of rotatable bonds is 4. The Morgan fingerprint density at radius 1 is 1.20 bits per heavy atom. The normalized spacial score (nSPS) is 10.7. The summed E-state index contributed by atoms with van der Waals surface area (Å²) in [4.78, 5) is 14.5. The molecule has 20 heavy (non-hydrogen) atoms. The van der Waals surface area contributed by atoms with Crippen LogP contribution in [0, 0.1) is 0 Å². The molecule has 2 aromatic rings. The second-order valence-corrected chi connectivity index (χ2v) is 4.51. The highest BCUT2D eigenvalue weighted by molar-refractivity contribution is 6.29. The fourth-order valence-corrected chi connectivity index (χ4v) is 1.79. The molecule has 0 unspecified atom stereocenters. The van der Waals surface area contributed by atoms with Gasteiger partial charge in [-0.05, 0) is 29.3 Å². The van der Waals surface area contributed by atoms with E-state index in [1.807, 2.05) is 48.6 Å². The fourth-order valence-electron chi connectivity index (χ4n) is 1.62. The van der Waals surface area contributed by atoms with Gasteiger partial charge in [0.05, 0.1) is 5.69 Å². The Hall–Kier alpha value is -2.33. The summed E-state index contributed by atoms with van der Waals surface area (Å²) in [6.45, 7) is 0.301. The van der Waals surface area contributed by atoms with Crippen molar-refractivity contribution in [1.29, 1.82) is 0 Å². The van der Waals surface area contributed by atoms with Crippen molar-refractivity contribution in [3.8, 4) is 0 Å². The number of carbonyl (C=O) groups is 1. The van der Waals surface area contributed by atoms with Gasteiger partial charge >= 0.3 is 6.09 Å². The van der Waals surface area contributed by atoms with Crippen LogP contribution < -0.4 is 5.32 Å². The molecule has 0 aliphatic rings. The zero-order chi connectivity index (χ0) is 14.4. The van der Waals surface area contributed by atoms with Gasteiger partial charge in [-0.3, -0.25) is 0 Å². The predicted octanol–water partition coefficient (Wildman–Crippen LogP) is 3.67. The zero-order valence-electron chi connectivity index (χ0n) is 10.6. The van der Waals surface area contributed by atoms with E-state index in [4.69, 9.17) is 16.7 Å². The van der Waals surface area contributed by atoms with Crippen molar-refractivity contribution in [2.45, 2.75) is 6.54 Å². The summed E-state index contributed by atoms with van der Waals surface area (Å²) in [6, 6.07) is 13.0. The maximum atomic E-state index is 10.4. The van der Waals surface area contributed by atoms with Crippen LogP contribution >= 0.6 is 11.6 Å². The van der Waals surface area contributed by atoms with E-state index >= 15 is 0 Å². The van der Waals surface area contributed by atoms with Gasteiger partial charge < -0.3 is 10.4 Å². The van der Waals surface area contributed by atoms with E-state index in [0.29, 0.717) is 11.7 Å². The summed E-state index contributed by atoms with van der Waals surface area (Å²) in [6.07, 6.45) is 2.77. The van der Waals surface area contributed by atoms with Gasteiger partial charge in [-0.2, -0.15) is 0 Å². The van der Waals surface area contributed by atoms with Crippen molar-refractivity contribution >= 4 is 29.8 Å². The number of nitrogens with zero attached hydrogens (tertiary/aromatic N) is 1. The summed E-state index contributed by atoms with van der Waals surface area (Å²) < 4.78 is 0. The summed E-state index contributed by atoms with van der Waals surface area (Å²) in [5.74, 6) is 0. The van der Waals surface area contributed by atoms with Crippen LogP contribution in [0.1, 0.15) is 16.8 Å². The Morgan fingerprint density at radius 3 is 2.60 bits per heavy atom. The molecule has 2 N–H and O–H groups in total. The van der Waals surface area contributed by atoms with Gasteiger partial charge in [0.25, 0.3) is 0 Å². The number of hydrogen-bond acceptors (Lipinski definition) is 2. The molecule has 0 saturated carbocycles. The topological polar surface area (TPSA) is 62.2 Å². The first-order chi connectivity index (χ1) is 9.63. The molecule has 1 aromatic carbocycles. The zero-order valence-corrected chi connectivity index (χ0v) is 11.3. The Balaban J connectivity index is 2.01. The number of carboxylic acid groups (broad SMARTS) is 1. The van der Waals surface area contributed by atoms with E-state index in [9.17, 15) is 4.79 Å². The molecule has 0 saturated heterocycles. The number of pyridine rings is 1. The number of aromatic nitrogens is 1. The van der Waals surface area contributed by atoms with E-state index in [1.54, 1.807) is 6.07 Å². The molecule has 5 heteroatoms. The van der Waals surface area contributed by atoms with Gasteiger partial charge in [-0.15, -0.1) is 0 Å². The number of amides is 1. The van der Waals surface area contributed by atoms with E-state index in [1.165, 1.54) is 0 Å². The van der Waals surface area contributed by atoms with Gasteiger partial charge in [-0.25, -0.2) is 9.78 Å². The molecule has 0 aliphatic carbocycles. The third-order valence-electron chi connectivity index (χ3n) is 2.61. The summed E-state index contributed by atoms with van der Waals surface area (Å²) in [7, 11) is 0. The maximum absolute atomic E-state index is 10.4. The summed E-state index contributed by atoms with van der Waals surface area (Å²) in [5.41, 5.74) is 2.70. The minimum atomic E-state index is -1.03. The number of nitrogens with one attached hydrogen (secondary N) is 1. The minimum Gasteiger partial charge on any atom is -0.465 e. The molecule has 102 valence electrons. The highest BCUT2D eigenvalue weighted by Gasteiger charge is 1.96. The van der Waals surface area contributed by atoms with E-state index in [2.05, 4.69) is 10.3 Å². The lowest BCUT2D eigenvalue weighted by Gasteiger charge is -2.01. The lowest BCUT2D eigenvalue weighted by Crippen LogP contribution is -2.19. The Bertz CT molecular complexity index is 624. The quantitative estimate of drug-likeness (QED) is 0.844. The highest BCUT2D eigenvalue weighted by Crippen LogP contribution is 2.10. The van der Waals surface area contributed by atoms with Gasteiger partial charge in [0.15, 0.2) is 0 Å². The lowest BCUT2D eigenvalue weighted by molar-refractivity contribution is 0.194. The lowest BCUT2D eigenvalue weighted by atomic mass is 10.1. The molecule has 0 atom stereocenters. The molecular weight excluding hydrogens is 276 g/mol. The van der Waals surface area contributed by atoms with E-state index in [-0.39, 0.29) is 0 Å². The molecule has 0 fully saturated rings. The van der Waals surface area contributed by atoms with Crippen LogP contribution in [0.2, 0.25) is 5.15 Å². The molecule has 4 nitrogen and oxygen atoms in total. The summed E-state index contributed by atoms with van der Waals surface area (Å²) in [5, 5.41) is 11.3. The van der Waals surface area contributed by atoms with Crippen LogP contribution in [0.15, 0.2) is 42.5 Å². The van der Waals surface area contributed by atoms with Crippen molar-refractivity contribution in [3.05, 3.63) is 64.4 Å². The van der Waals surface area contributed by atoms with Crippen LogP contribution in [-0.2, 0) is 6.54 Å². The average molecular weight is 289 g/mol. The fraction of sp³-hybridized carbons (Fsp3) is 0.0667. The second kappa shape index (κ2) is 6.73. The largest absolute Gasteiger partial charge is 0.465 e. The predicted molar refractivity (Wildman–Crippen MR) is 79.5 cm³/mol. The second-order valence-electron chi connectivity index (χ2n) is 4.12. The van der Waals surface area contributed by atoms with Crippen LogP contribution in [-0.4, -0.2) is 16.2 Å². The SMILES string of the molecule is O=C(O)NCc1ccc(/C=C/c2cccc(Cl)n2)cc1. The molecule has 0 radical (unpaired) electrons.